The number of aromatic nitrogens is 2. The van der Waals surface area contributed by atoms with E-state index in [1.54, 1.807) is 6.20 Å². The van der Waals surface area contributed by atoms with Gasteiger partial charge < -0.3 is 9.88 Å². The summed E-state index contributed by atoms with van der Waals surface area (Å²) in [6.07, 6.45) is 4.55. The molecular weight excluding hydrogens is 216 g/mol. The van der Waals surface area contributed by atoms with Gasteiger partial charge >= 0.3 is 0 Å². The summed E-state index contributed by atoms with van der Waals surface area (Å²) in [6.45, 7) is 6.87. The van der Waals surface area contributed by atoms with Crippen LogP contribution in [-0.4, -0.2) is 28.5 Å². The molecule has 1 fully saturated rings. The van der Waals surface area contributed by atoms with E-state index in [-0.39, 0.29) is 11.8 Å². The molecule has 17 heavy (non-hydrogen) atoms. The molecule has 1 aliphatic heterocycles. The second kappa shape index (κ2) is 5.31. The van der Waals surface area contributed by atoms with Crippen LogP contribution in [0.3, 0.4) is 0 Å². The molecule has 0 radical (unpaired) electrons. The Bertz CT molecular complexity index is 380. The van der Waals surface area contributed by atoms with E-state index in [4.69, 9.17) is 0 Å². The standard InChI is InChI=1S/C12H20N4O/c1-9(2)8-16-6-5-14-12(16)15-11(17)10-3-4-13-7-10/h5-6,9-10,13H,3-4,7-8H2,1-2H3,(H,14,15,17)/t10-/m0/s1. The molecule has 2 heterocycles. The first-order valence-electron chi connectivity index (χ1n) is 6.19. The molecule has 5 heteroatoms. The van der Waals surface area contributed by atoms with Gasteiger partial charge in [-0.05, 0) is 18.9 Å². The van der Waals surface area contributed by atoms with Crippen LogP contribution in [0, 0.1) is 11.8 Å². The van der Waals surface area contributed by atoms with Crippen LogP contribution in [0.5, 0.6) is 0 Å². The Kier molecular flexibility index (Phi) is 3.78. The largest absolute Gasteiger partial charge is 0.317 e. The molecule has 1 atom stereocenters. The summed E-state index contributed by atoms with van der Waals surface area (Å²) in [7, 11) is 0. The van der Waals surface area contributed by atoms with Crippen molar-refractivity contribution in [1.29, 1.82) is 0 Å². The lowest BCUT2D eigenvalue weighted by molar-refractivity contribution is -0.119. The SMILES string of the molecule is CC(C)Cn1ccnc1NC(=O)[C@H]1CCNC1. The highest BCUT2D eigenvalue weighted by atomic mass is 16.2. The average molecular weight is 236 g/mol. The Hall–Kier alpha value is -1.36. The zero-order chi connectivity index (χ0) is 12.3. The van der Waals surface area contributed by atoms with Gasteiger partial charge in [0.25, 0.3) is 0 Å². The van der Waals surface area contributed by atoms with Gasteiger partial charge in [0.2, 0.25) is 11.9 Å². The number of imidazole rings is 1. The molecule has 1 amide bonds. The van der Waals surface area contributed by atoms with E-state index in [1.165, 1.54) is 0 Å². The molecule has 0 spiro atoms. The van der Waals surface area contributed by atoms with Crippen molar-refractivity contribution in [2.45, 2.75) is 26.8 Å². The number of anilines is 1. The predicted octanol–water partition coefficient (Wildman–Crippen LogP) is 1.09. The Morgan fingerprint density at radius 2 is 2.53 bits per heavy atom. The third-order valence-electron chi connectivity index (χ3n) is 2.94. The fourth-order valence-corrected chi connectivity index (χ4v) is 2.06. The molecule has 1 saturated heterocycles. The molecule has 1 aliphatic rings. The molecule has 0 aliphatic carbocycles. The molecule has 0 aromatic carbocycles. The molecule has 2 rings (SSSR count). The van der Waals surface area contributed by atoms with Crippen molar-refractivity contribution in [2.24, 2.45) is 11.8 Å². The molecule has 0 saturated carbocycles. The van der Waals surface area contributed by atoms with Gasteiger partial charge in [0.1, 0.15) is 0 Å². The molecule has 1 aromatic rings. The maximum atomic E-state index is 11.9. The number of nitrogens with one attached hydrogen (secondary N) is 2. The maximum Gasteiger partial charge on any atom is 0.231 e. The summed E-state index contributed by atoms with van der Waals surface area (Å²) in [4.78, 5) is 16.1. The minimum Gasteiger partial charge on any atom is -0.317 e. The van der Waals surface area contributed by atoms with Crippen molar-refractivity contribution >= 4 is 11.9 Å². The van der Waals surface area contributed by atoms with Crippen molar-refractivity contribution in [1.82, 2.24) is 14.9 Å². The zero-order valence-corrected chi connectivity index (χ0v) is 10.4. The highest BCUT2D eigenvalue weighted by molar-refractivity contribution is 5.91. The van der Waals surface area contributed by atoms with Gasteiger partial charge in [-0.1, -0.05) is 13.8 Å². The van der Waals surface area contributed by atoms with Crippen LogP contribution in [0.1, 0.15) is 20.3 Å². The van der Waals surface area contributed by atoms with E-state index >= 15 is 0 Å². The molecule has 5 nitrogen and oxygen atoms in total. The minimum absolute atomic E-state index is 0.0752. The number of carbonyl (C=O) groups is 1. The fourth-order valence-electron chi connectivity index (χ4n) is 2.06. The summed E-state index contributed by atoms with van der Waals surface area (Å²) in [5, 5.41) is 6.10. The third-order valence-corrected chi connectivity index (χ3v) is 2.94. The van der Waals surface area contributed by atoms with Crippen molar-refractivity contribution in [3.63, 3.8) is 0 Å². The lowest BCUT2D eigenvalue weighted by Gasteiger charge is -2.13. The normalized spacial score (nSPS) is 19.8. The predicted molar refractivity (Wildman–Crippen MR) is 66.7 cm³/mol. The summed E-state index contributed by atoms with van der Waals surface area (Å²) in [5.74, 6) is 1.36. The highest BCUT2D eigenvalue weighted by Gasteiger charge is 2.23. The number of hydrogen-bond donors (Lipinski definition) is 2. The van der Waals surface area contributed by atoms with Crippen molar-refractivity contribution in [3.05, 3.63) is 12.4 Å². The first-order chi connectivity index (χ1) is 8.16. The summed E-state index contributed by atoms with van der Waals surface area (Å²) < 4.78 is 1.99. The second-order valence-corrected chi connectivity index (χ2v) is 4.98. The minimum atomic E-state index is 0.0752. The Morgan fingerprint density at radius 3 is 3.18 bits per heavy atom. The van der Waals surface area contributed by atoms with Crippen LogP contribution in [0.25, 0.3) is 0 Å². The van der Waals surface area contributed by atoms with Crippen LogP contribution < -0.4 is 10.6 Å². The topological polar surface area (TPSA) is 59.0 Å². The first kappa shape index (κ1) is 12.1. The number of carbonyl (C=O) groups excluding carboxylic acids is 1. The van der Waals surface area contributed by atoms with Crippen LogP contribution in [0.15, 0.2) is 12.4 Å². The molecule has 94 valence electrons. The molecule has 0 bridgehead atoms. The van der Waals surface area contributed by atoms with Gasteiger partial charge in [0, 0.05) is 25.5 Å². The zero-order valence-electron chi connectivity index (χ0n) is 10.4. The van der Waals surface area contributed by atoms with Crippen molar-refractivity contribution in [2.75, 3.05) is 18.4 Å². The van der Waals surface area contributed by atoms with Crippen molar-refractivity contribution < 1.29 is 4.79 Å². The second-order valence-electron chi connectivity index (χ2n) is 4.98. The number of hydrogen-bond acceptors (Lipinski definition) is 3. The van der Waals surface area contributed by atoms with Gasteiger partial charge in [-0.15, -0.1) is 0 Å². The van der Waals surface area contributed by atoms with E-state index in [0.29, 0.717) is 11.9 Å². The third kappa shape index (κ3) is 3.06. The lowest BCUT2D eigenvalue weighted by atomic mass is 10.1. The quantitative estimate of drug-likeness (QED) is 0.822. The van der Waals surface area contributed by atoms with Crippen LogP contribution >= 0.6 is 0 Å². The molecule has 0 unspecified atom stereocenters. The Balaban J connectivity index is 1.97. The molecule has 1 aromatic heterocycles. The Morgan fingerprint density at radius 1 is 1.71 bits per heavy atom. The number of rotatable bonds is 4. The van der Waals surface area contributed by atoms with E-state index in [2.05, 4.69) is 29.5 Å². The average Bonchev–Trinajstić information content (AvgIpc) is 2.89. The van der Waals surface area contributed by atoms with Crippen molar-refractivity contribution in [3.8, 4) is 0 Å². The molecule has 2 N–H and O–H groups in total. The monoisotopic (exact) mass is 236 g/mol. The van der Waals surface area contributed by atoms with Crippen LogP contribution in [0.2, 0.25) is 0 Å². The summed E-state index contributed by atoms with van der Waals surface area (Å²) in [6, 6.07) is 0. The van der Waals surface area contributed by atoms with Gasteiger partial charge in [0.15, 0.2) is 0 Å². The van der Waals surface area contributed by atoms with Gasteiger partial charge in [-0.2, -0.15) is 0 Å². The molecular formula is C12H20N4O. The lowest BCUT2D eigenvalue weighted by Crippen LogP contribution is -2.26. The van der Waals surface area contributed by atoms with Crippen LogP contribution in [-0.2, 0) is 11.3 Å². The summed E-state index contributed by atoms with van der Waals surface area (Å²) >= 11 is 0. The van der Waals surface area contributed by atoms with E-state index < -0.39 is 0 Å². The van der Waals surface area contributed by atoms with Gasteiger partial charge in [-0.3, -0.25) is 10.1 Å². The Labute approximate surface area is 102 Å². The number of amides is 1. The highest BCUT2D eigenvalue weighted by Crippen LogP contribution is 2.13. The number of nitrogens with zero attached hydrogens (tertiary/aromatic N) is 2. The first-order valence-corrected chi connectivity index (χ1v) is 6.19. The van der Waals surface area contributed by atoms with E-state index in [1.807, 2.05) is 10.8 Å². The van der Waals surface area contributed by atoms with Gasteiger partial charge in [-0.25, -0.2) is 4.98 Å². The maximum absolute atomic E-state index is 11.9. The van der Waals surface area contributed by atoms with E-state index in [0.717, 1.165) is 26.1 Å². The smallest absolute Gasteiger partial charge is 0.231 e. The van der Waals surface area contributed by atoms with Gasteiger partial charge in [0.05, 0.1) is 5.92 Å². The van der Waals surface area contributed by atoms with E-state index in [9.17, 15) is 4.79 Å². The summed E-state index contributed by atoms with van der Waals surface area (Å²) in [5.41, 5.74) is 0. The van der Waals surface area contributed by atoms with Crippen LogP contribution in [0.4, 0.5) is 5.95 Å². The fraction of sp³-hybridized carbons (Fsp3) is 0.667.